The van der Waals surface area contributed by atoms with Crippen LogP contribution in [0.5, 0.6) is 0 Å². The monoisotopic (exact) mass is 356 g/mol. The van der Waals surface area contributed by atoms with Crippen molar-refractivity contribution in [3.05, 3.63) is 15.9 Å². The van der Waals surface area contributed by atoms with Crippen molar-refractivity contribution in [3.8, 4) is 6.07 Å². The van der Waals surface area contributed by atoms with Crippen LogP contribution in [0.15, 0.2) is 4.47 Å². The van der Waals surface area contributed by atoms with E-state index in [1.807, 2.05) is 13.2 Å². The quantitative estimate of drug-likeness (QED) is 0.830. The predicted molar refractivity (Wildman–Crippen MR) is 86.7 cm³/mol. The molecule has 110 valence electrons. The number of aromatic nitrogens is 2. The summed E-state index contributed by atoms with van der Waals surface area (Å²) < 4.78 is 3.02. The van der Waals surface area contributed by atoms with E-state index in [2.05, 4.69) is 43.6 Å². The van der Waals surface area contributed by atoms with E-state index in [0.717, 1.165) is 49.2 Å². The van der Waals surface area contributed by atoms with Crippen LogP contribution in [0.2, 0.25) is 0 Å². The summed E-state index contributed by atoms with van der Waals surface area (Å²) in [6.45, 7) is 7.91. The van der Waals surface area contributed by atoms with Crippen molar-refractivity contribution in [2.24, 2.45) is 0 Å². The van der Waals surface area contributed by atoms with Gasteiger partial charge in [-0.15, -0.1) is 11.8 Å². The summed E-state index contributed by atoms with van der Waals surface area (Å²) in [7, 11) is 0. The van der Waals surface area contributed by atoms with E-state index in [1.54, 1.807) is 11.8 Å². The number of hydrogen-bond acceptors (Lipinski definition) is 4. The van der Waals surface area contributed by atoms with Crippen molar-refractivity contribution < 1.29 is 0 Å². The van der Waals surface area contributed by atoms with Crippen molar-refractivity contribution in [3.63, 3.8) is 0 Å². The highest BCUT2D eigenvalue weighted by atomic mass is 79.9. The maximum atomic E-state index is 9.34. The minimum absolute atomic E-state index is 0.172. The van der Waals surface area contributed by atoms with Gasteiger partial charge in [-0.1, -0.05) is 0 Å². The lowest BCUT2D eigenvalue weighted by Crippen LogP contribution is -2.41. The largest absolute Gasteiger partial charge is 0.297 e. The van der Waals surface area contributed by atoms with Gasteiger partial charge in [0.25, 0.3) is 0 Å². The van der Waals surface area contributed by atoms with Crippen molar-refractivity contribution in [2.75, 3.05) is 19.3 Å². The van der Waals surface area contributed by atoms with E-state index in [-0.39, 0.29) is 4.75 Å². The molecule has 0 radical (unpaired) electrons. The molecular weight excluding hydrogens is 336 g/mol. The van der Waals surface area contributed by atoms with Crippen molar-refractivity contribution in [1.29, 1.82) is 5.26 Å². The summed E-state index contributed by atoms with van der Waals surface area (Å²) >= 11 is 5.35. The van der Waals surface area contributed by atoms with Gasteiger partial charge in [0.05, 0.1) is 21.9 Å². The highest BCUT2D eigenvalue weighted by Gasteiger charge is 2.34. The van der Waals surface area contributed by atoms with E-state index >= 15 is 0 Å². The van der Waals surface area contributed by atoms with E-state index < -0.39 is 0 Å². The van der Waals surface area contributed by atoms with Crippen molar-refractivity contribution in [2.45, 2.75) is 44.5 Å². The highest BCUT2D eigenvalue weighted by molar-refractivity contribution is 9.10. The van der Waals surface area contributed by atoms with Gasteiger partial charge < -0.3 is 0 Å². The average Bonchev–Trinajstić information content (AvgIpc) is 2.76. The lowest BCUT2D eigenvalue weighted by molar-refractivity contribution is 0.203. The summed E-state index contributed by atoms with van der Waals surface area (Å²) in [5.41, 5.74) is 2.30. The summed E-state index contributed by atoms with van der Waals surface area (Å²) in [6.07, 6.45) is 3.94. The molecule has 0 bridgehead atoms. The van der Waals surface area contributed by atoms with Crippen LogP contribution in [0.25, 0.3) is 0 Å². The van der Waals surface area contributed by atoms with Gasteiger partial charge in [0.2, 0.25) is 0 Å². The second-order valence-corrected chi connectivity index (χ2v) is 7.23. The Hall–Kier alpha value is -0.510. The number of likely N-dealkylation sites (tertiary alicyclic amines) is 1. The van der Waals surface area contributed by atoms with Crippen molar-refractivity contribution >= 4 is 27.7 Å². The second-order valence-electron chi connectivity index (χ2n) is 5.25. The lowest BCUT2D eigenvalue weighted by atomic mass is 9.97. The van der Waals surface area contributed by atoms with Gasteiger partial charge in [0.15, 0.2) is 0 Å². The van der Waals surface area contributed by atoms with Gasteiger partial charge in [-0.05, 0) is 48.9 Å². The normalized spacial score (nSPS) is 18.9. The molecule has 4 nitrogen and oxygen atoms in total. The third-order valence-electron chi connectivity index (χ3n) is 4.08. The van der Waals surface area contributed by atoms with Gasteiger partial charge in [-0.25, -0.2) is 0 Å². The first-order valence-electron chi connectivity index (χ1n) is 6.95. The minimum atomic E-state index is -0.172. The van der Waals surface area contributed by atoms with E-state index in [9.17, 15) is 5.26 Å². The number of thioether (sulfide) groups is 1. The first-order valence-corrected chi connectivity index (χ1v) is 8.97. The standard InChI is InChI=1S/C14H21BrN4S/c1-4-19-12(13(15)11(2)17-19)9-18-7-5-14(10-16,20-3)6-8-18/h4-9H2,1-3H3. The minimum Gasteiger partial charge on any atom is -0.297 e. The molecule has 2 heterocycles. The number of hydrogen-bond donors (Lipinski definition) is 0. The van der Waals surface area contributed by atoms with E-state index in [4.69, 9.17) is 0 Å². The molecule has 1 aliphatic rings. The third-order valence-corrected chi connectivity index (χ3v) is 6.40. The summed E-state index contributed by atoms with van der Waals surface area (Å²) in [5.74, 6) is 0. The summed E-state index contributed by atoms with van der Waals surface area (Å²) in [5, 5.41) is 13.9. The Labute approximate surface area is 133 Å². The third kappa shape index (κ3) is 3.05. The van der Waals surface area contributed by atoms with Crippen molar-refractivity contribution in [1.82, 2.24) is 14.7 Å². The van der Waals surface area contributed by atoms with Crippen LogP contribution >= 0.6 is 27.7 Å². The van der Waals surface area contributed by atoms with Gasteiger partial charge >= 0.3 is 0 Å². The molecule has 0 unspecified atom stereocenters. The zero-order valence-electron chi connectivity index (χ0n) is 12.3. The molecule has 0 saturated carbocycles. The lowest BCUT2D eigenvalue weighted by Gasteiger charge is -2.36. The van der Waals surface area contributed by atoms with Crippen LogP contribution in [-0.2, 0) is 13.1 Å². The maximum absolute atomic E-state index is 9.34. The highest BCUT2D eigenvalue weighted by Crippen LogP contribution is 2.34. The number of nitrogens with zero attached hydrogens (tertiary/aromatic N) is 4. The molecule has 1 fully saturated rings. The van der Waals surface area contributed by atoms with Crippen LogP contribution < -0.4 is 0 Å². The van der Waals surface area contributed by atoms with Gasteiger partial charge in [0.1, 0.15) is 4.75 Å². The van der Waals surface area contributed by atoms with Crippen LogP contribution in [0.4, 0.5) is 0 Å². The molecule has 6 heteroatoms. The summed E-state index contributed by atoms with van der Waals surface area (Å²) in [6, 6.07) is 2.50. The zero-order valence-corrected chi connectivity index (χ0v) is 14.7. The first kappa shape index (κ1) is 15.9. The molecule has 20 heavy (non-hydrogen) atoms. The molecule has 0 amide bonds. The Morgan fingerprint density at radius 3 is 2.60 bits per heavy atom. The first-order chi connectivity index (χ1) is 9.55. The molecule has 2 rings (SSSR count). The van der Waals surface area contributed by atoms with E-state index in [1.165, 1.54) is 5.69 Å². The Kier molecular flexibility index (Phi) is 5.16. The van der Waals surface area contributed by atoms with Crippen LogP contribution in [0.1, 0.15) is 31.2 Å². The fourth-order valence-corrected chi connectivity index (χ4v) is 3.76. The molecule has 1 aliphatic heterocycles. The van der Waals surface area contributed by atoms with Gasteiger partial charge in [0, 0.05) is 26.2 Å². The smallest absolute Gasteiger partial charge is 0.104 e. The SMILES string of the molecule is CCn1nc(C)c(Br)c1CN1CCC(C#N)(SC)CC1. The van der Waals surface area contributed by atoms with Crippen LogP contribution in [0, 0.1) is 18.3 Å². The Bertz CT molecular complexity index is 512. The Balaban J connectivity index is 2.05. The Morgan fingerprint density at radius 1 is 1.45 bits per heavy atom. The van der Waals surface area contributed by atoms with Crippen LogP contribution in [-0.4, -0.2) is 38.8 Å². The zero-order chi connectivity index (χ0) is 14.8. The molecule has 1 aromatic rings. The molecular formula is C14H21BrN4S. The molecule has 0 aromatic carbocycles. The molecule has 1 saturated heterocycles. The van der Waals surface area contributed by atoms with Crippen LogP contribution in [0.3, 0.4) is 0 Å². The maximum Gasteiger partial charge on any atom is 0.104 e. The number of halogens is 1. The summed E-state index contributed by atoms with van der Waals surface area (Å²) in [4.78, 5) is 2.43. The second kappa shape index (κ2) is 6.50. The van der Waals surface area contributed by atoms with Gasteiger partial charge in [-0.2, -0.15) is 10.4 Å². The Morgan fingerprint density at radius 2 is 2.10 bits per heavy atom. The molecule has 0 aliphatic carbocycles. The topological polar surface area (TPSA) is 44.9 Å². The number of aryl methyl sites for hydroxylation is 2. The average molecular weight is 357 g/mol. The fraction of sp³-hybridized carbons (Fsp3) is 0.714. The predicted octanol–water partition coefficient (Wildman–Crippen LogP) is 3.20. The number of piperidine rings is 1. The molecule has 1 aromatic heterocycles. The fourth-order valence-electron chi connectivity index (χ4n) is 2.67. The number of nitriles is 1. The van der Waals surface area contributed by atoms with E-state index in [0.29, 0.717) is 0 Å². The number of rotatable bonds is 4. The van der Waals surface area contributed by atoms with Gasteiger partial charge in [-0.3, -0.25) is 9.58 Å². The molecule has 0 spiro atoms. The molecule has 0 atom stereocenters. The molecule has 0 N–H and O–H groups in total.